The molecule has 4 heteroatoms. The summed E-state index contributed by atoms with van der Waals surface area (Å²) in [4.78, 5) is 8.29. The van der Waals surface area contributed by atoms with Crippen LogP contribution in [-0.2, 0) is 4.74 Å². The highest BCUT2D eigenvalue weighted by Gasteiger charge is 2.25. The summed E-state index contributed by atoms with van der Waals surface area (Å²) in [6.07, 6.45) is 6.29. The first-order valence-corrected chi connectivity index (χ1v) is 7.51. The lowest BCUT2D eigenvalue weighted by Gasteiger charge is -2.28. The Labute approximate surface area is 126 Å². The summed E-state index contributed by atoms with van der Waals surface area (Å²) in [7, 11) is 0. The molecule has 2 unspecified atom stereocenters. The van der Waals surface area contributed by atoms with Crippen LogP contribution < -0.4 is 5.32 Å². The summed E-state index contributed by atoms with van der Waals surface area (Å²) >= 11 is 0. The van der Waals surface area contributed by atoms with E-state index in [-0.39, 0.29) is 12.1 Å². The molecule has 2 aromatic rings. The molecular weight excluding hydrogens is 262 g/mol. The Morgan fingerprint density at radius 3 is 2.38 bits per heavy atom. The number of ether oxygens (including phenoxy) is 1. The van der Waals surface area contributed by atoms with Gasteiger partial charge in [-0.1, -0.05) is 37.3 Å². The van der Waals surface area contributed by atoms with E-state index in [2.05, 4.69) is 34.3 Å². The molecule has 1 heterocycles. The van der Waals surface area contributed by atoms with E-state index in [0.29, 0.717) is 6.61 Å². The third-order valence-electron chi connectivity index (χ3n) is 3.33. The molecule has 1 N–H and O–H groups in total. The molecule has 1 aromatic carbocycles. The summed E-state index contributed by atoms with van der Waals surface area (Å²) in [5.74, 6) is 0. The average Bonchev–Trinajstić information content (AvgIpc) is 2.56. The largest absolute Gasteiger partial charge is 0.372 e. The van der Waals surface area contributed by atoms with Crippen LogP contribution >= 0.6 is 0 Å². The number of hydrogen-bond acceptors (Lipinski definition) is 4. The smallest absolute Gasteiger partial charge is 0.115 e. The van der Waals surface area contributed by atoms with Crippen LogP contribution in [0.2, 0.25) is 0 Å². The van der Waals surface area contributed by atoms with Gasteiger partial charge in [0.1, 0.15) is 12.4 Å². The van der Waals surface area contributed by atoms with Crippen LogP contribution in [0.25, 0.3) is 0 Å². The number of nitrogens with one attached hydrogen (secondary N) is 1. The normalized spacial score (nSPS) is 13.8. The van der Waals surface area contributed by atoms with Gasteiger partial charge in [-0.3, -0.25) is 0 Å². The average molecular weight is 285 g/mol. The van der Waals surface area contributed by atoms with Gasteiger partial charge in [-0.25, -0.2) is 9.97 Å². The second kappa shape index (κ2) is 8.49. The quantitative estimate of drug-likeness (QED) is 0.808. The van der Waals surface area contributed by atoms with E-state index in [0.717, 1.165) is 24.1 Å². The fourth-order valence-electron chi connectivity index (χ4n) is 2.38. The maximum Gasteiger partial charge on any atom is 0.115 e. The van der Waals surface area contributed by atoms with E-state index < -0.39 is 0 Å². The number of rotatable bonds is 8. The zero-order valence-corrected chi connectivity index (χ0v) is 12.7. The lowest BCUT2D eigenvalue weighted by atomic mass is 9.97. The van der Waals surface area contributed by atoms with Crippen LogP contribution in [0.15, 0.2) is 49.1 Å². The minimum absolute atomic E-state index is 0.0475. The highest BCUT2D eigenvalue weighted by Crippen LogP contribution is 2.31. The first kappa shape index (κ1) is 15.6. The molecule has 21 heavy (non-hydrogen) atoms. The Hall–Kier alpha value is -1.78. The van der Waals surface area contributed by atoms with Crippen LogP contribution in [0.3, 0.4) is 0 Å². The Kier molecular flexibility index (Phi) is 6.31. The second-order valence-electron chi connectivity index (χ2n) is 4.89. The molecule has 0 aliphatic carbocycles. The molecule has 0 saturated carbocycles. The van der Waals surface area contributed by atoms with Crippen LogP contribution in [0.5, 0.6) is 0 Å². The van der Waals surface area contributed by atoms with Crippen molar-refractivity contribution in [2.75, 3.05) is 13.2 Å². The summed E-state index contributed by atoms with van der Waals surface area (Å²) in [5, 5.41) is 3.56. The van der Waals surface area contributed by atoms with Gasteiger partial charge in [-0.05, 0) is 25.5 Å². The standard InChI is InChI=1S/C17H23N3O/c1-3-10-20-16(15-11-18-13-19-12-15)17(21-4-2)14-8-6-5-7-9-14/h5-9,11-13,16-17,20H,3-4,10H2,1-2H3. The minimum atomic E-state index is -0.0475. The van der Waals surface area contributed by atoms with E-state index in [1.807, 2.05) is 37.5 Å². The molecule has 0 aliphatic rings. The number of benzene rings is 1. The molecule has 2 rings (SSSR count). The van der Waals surface area contributed by atoms with Crippen LogP contribution in [0.1, 0.15) is 43.5 Å². The third-order valence-corrected chi connectivity index (χ3v) is 3.33. The van der Waals surface area contributed by atoms with Crippen molar-refractivity contribution in [2.24, 2.45) is 0 Å². The molecule has 0 aliphatic heterocycles. The third kappa shape index (κ3) is 4.34. The van der Waals surface area contributed by atoms with Gasteiger partial charge in [0.2, 0.25) is 0 Å². The Bertz CT molecular complexity index is 504. The molecule has 0 fully saturated rings. The summed E-state index contributed by atoms with van der Waals surface area (Å²) in [6.45, 7) is 5.77. The summed E-state index contributed by atoms with van der Waals surface area (Å²) in [5.41, 5.74) is 2.21. The van der Waals surface area contributed by atoms with Gasteiger partial charge < -0.3 is 10.1 Å². The van der Waals surface area contributed by atoms with Gasteiger partial charge in [-0.15, -0.1) is 0 Å². The van der Waals surface area contributed by atoms with E-state index in [1.165, 1.54) is 0 Å². The van der Waals surface area contributed by atoms with E-state index in [1.54, 1.807) is 6.33 Å². The Morgan fingerprint density at radius 1 is 1.05 bits per heavy atom. The number of aromatic nitrogens is 2. The zero-order chi connectivity index (χ0) is 14.9. The first-order valence-electron chi connectivity index (χ1n) is 7.51. The maximum atomic E-state index is 6.02. The van der Waals surface area contributed by atoms with E-state index >= 15 is 0 Å². The predicted molar refractivity (Wildman–Crippen MR) is 83.9 cm³/mol. The molecule has 0 amide bonds. The van der Waals surface area contributed by atoms with Crippen molar-refractivity contribution < 1.29 is 4.74 Å². The predicted octanol–water partition coefficient (Wildman–Crippen LogP) is 3.30. The SMILES string of the molecule is CCCNC(c1cncnc1)C(OCC)c1ccccc1. The van der Waals surface area contributed by atoms with Gasteiger partial charge in [0.05, 0.1) is 6.04 Å². The minimum Gasteiger partial charge on any atom is -0.372 e. The molecule has 112 valence electrons. The first-order chi connectivity index (χ1) is 10.4. The van der Waals surface area contributed by atoms with Crippen molar-refractivity contribution >= 4 is 0 Å². The number of nitrogens with zero attached hydrogens (tertiary/aromatic N) is 2. The summed E-state index contributed by atoms with van der Waals surface area (Å²) < 4.78 is 6.02. The van der Waals surface area contributed by atoms with Gasteiger partial charge >= 0.3 is 0 Å². The van der Waals surface area contributed by atoms with E-state index in [4.69, 9.17) is 4.74 Å². The molecule has 2 atom stereocenters. The van der Waals surface area contributed by atoms with Gasteiger partial charge in [0.25, 0.3) is 0 Å². The maximum absolute atomic E-state index is 6.02. The lowest BCUT2D eigenvalue weighted by molar-refractivity contribution is 0.0325. The molecule has 1 aromatic heterocycles. The van der Waals surface area contributed by atoms with Crippen molar-refractivity contribution in [3.8, 4) is 0 Å². The molecule has 0 bridgehead atoms. The van der Waals surface area contributed by atoms with Crippen molar-refractivity contribution in [1.82, 2.24) is 15.3 Å². The molecule has 0 spiro atoms. The molecular formula is C17H23N3O. The van der Waals surface area contributed by atoms with Crippen molar-refractivity contribution in [3.05, 3.63) is 60.2 Å². The van der Waals surface area contributed by atoms with Crippen LogP contribution in [-0.4, -0.2) is 23.1 Å². The monoisotopic (exact) mass is 285 g/mol. The Morgan fingerprint density at radius 2 is 1.76 bits per heavy atom. The van der Waals surface area contributed by atoms with Crippen molar-refractivity contribution in [1.29, 1.82) is 0 Å². The highest BCUT2D eigenvalue weighted by molar-refractivity contribution is 5.23. The fraction of sp³-hybridized carbons (Fsp3) is 0.412. The summed E-state index contributed by atoms with van der Waals surface area (Å²) in [6, 6.07) is 10.4. The van der Waals surface area contributed by atoms with Crippen molar-refractivity contribution in [2.45, 2.75) is 32.4 Å². The number of hydrogen-bond donors (Lipinski definition) is 1. The zero-order valence-electron chi connectivity index (χ0n) is 12.7. The molecule has 0 radical (unpaired) electrons. The van der Waals surface area contributed by atoms with Gasteiger partial charge in [0.15, 0.2) is 0 Å². The Balaban J connectivity index is 2.31. The van der Waals surface area contributed by atoms with Crippen LogP contribution in [0, 0.1) is 0 Å². The fourth-order valence-corrected chi connectivity index (χ4v) is 2.38. The molecule has 0 saturated heterocycles. The van der Waals surface area contributed by atoms with E-state index in [9.17, 15) is 0 Å². The van der Waals surface area contributed by atoms with Gasteiger partial charge in [-0.2, -0.15) is 0 Å². The van der Waals surface area contributed by atoms with Crippen molar-refractivity contribution in [3.63, 3.8) is 0 Å². The molecule has 4 nitrogen and oxygen atoms in total. The van der Waals surface area contributed by atoms with Gasteiger partial charge in [0, 0.05) is 24.6 Å². The second-order valence-corrected chi connectivity index (χ2v) is 4.89. The highest BCUT2D eigenvalue weighted by atomic mass is 16.5. The topological polar surface area (TPSA) is 47.0 Å². The lowest BCUT2D eigenvalue weighted by Crippen LogP contribution is -2.29. The van der Waals surface area contributed by atoms with Crippen LogP contribution in [0.4, 0.5) is 0 Å².